The molecule has 0 aliphatic heterocycles. The Labute approximate surface area is 116 Å². The lowest BCUT2D eigenvalue weighted by molar-refractivity contribution is 0.206. The van der Waals surface area contributed by atoms with E-state index < -0.39 is 0 Å². The predicted molar refractivity (Wildman–Crippen MR) is 74.8 cm³/mol. The van der Waals surface area contributed by atoms with Crippen LogP contribution >= 0.6 is 11.3 Å². The largest absolute Gasteiger partial charge is 0.331 e. The number of urea groups is 1. The molecule has 0 spiro atoms. The minimum absolute atomic E-state index is 0.107. The molecule has 0 radical (unpaired) electrons. The molecule has 2 rings (SSSR count). The Hall–Kier alpha value is -1.95. The number of rotatable bonds is 4. The van der Waals surface area contributed by atoms with Gasteiger partial charge in [0.05, 0.1) is 6.54 Å². The molecule has 0 unspecified atom stereocenters. The molecular formula is C13H16N4OS. The highest BCUT2D eigenvalue weighted by Gasteiger charge is 2.09. The minimum Gasteiger partial charge on any atom is -0.331 e. The van der Waals surface area contributed by atoms with E-state index in [1.807, 2.05) is 24.4 Å². The number of thiazole rings is 1. The zero-order chi connectivity index (χ0) is 13.7. The van der Waals surface area contributed by atoms with Gasteiger partial charge in [-0.25, -0.2) is 9.78 Å². The van der Waals surface area contributed by atoms with Crippen LogP contribution in [0.2, 0.25) is 0 Å². The van der Waals surface area contributed by atoms with Crippen LogP contribution in [-0.2, 0) is 13.1 Å². The van der Waals surface area contributed by atoms with Gasteiger partial charge in [0, 0.05) is 37.1 Å². The quantitative estimate of drug-likeness (QED) is 0.931. The molecule has 6 heteroatoms. The van der Waals surface area contributed by atoms with Crippen LogP contribution < -0.4 is 5.32 Å². The van der Waals surface area contributed by atoms with Crippen molar-refractivity contribution in [1.29, 1.82) is 0 Å². The fourth-order valence-electron chi connectivity index (χ4n) is 1.60. The summed E-state index contributed by atoms with van der Waals surface area (Å²) >= 11 is 1.55. The van der Waals surface area contributed by atoms with Crippen molar-refractivity contribution in [1.82, 2.24) is 20.2 Å². The number of hydrogen-bond acceptors (Lipinski definition) is 4. The molecule has 19 heavy (non-hydrogen) atoms. The SMILES string of the molecule is Cc1csc(CNC(=O)N(C)Cc2ccncc2)n1. The van der Waals surface area contributed by atoms with Crippen molar-refractivity contribution in [2.45, 2.75) is 20.0 Å². The van der Waals surface area contributed by atoms with Crippen molar-refractivity contribution >= 4 is 17.4 Å². The molecule has 1 N–H and O–H groups in total. The summed E-state index contributed by atoms with van der Waals surface area (Å²) in [5.41, 5.74) is 2.04. The average Bonchev–Trinajstić information content (AvgIpc) is 2.83. The lowest BCUT2D eigenvalue weighted by atomic mass is 10.2. The fourth-order valence-corrected chi connectivity index (χ4v) is 2.32. The molecule has 0 bridgehead atoms. The Balaban J connectivity index is 1.82. The predicted octanol–water partition coefficient (Wildman–Crippen LogP) is 2.19. The van der Waals surface area contributed by atoms with Crippen molar-refractivity contribution in [2.75, 3.05) is 7.05 Å². The summed E-state index contributed by atoms with van der Waals surface area (Å²) in [4.78, 5) is 21.8. The summed E-state index contributed by atoms with van der Waals surface area (Å²) in [7, 11) is 1.77. The van der Waals surface area contributed by atoms with Crippen LogP contribution in [0, 0.1) is 6.92 Å². The summed E-state index contributed by atoms with van der Waals surface area (Å²) in [6, 6.07) is 3.69. The standard InChI is InChI=1S/C13H16N4OS/c1-10-9-19-12(16-10)7-15-13(18)17(2)8-11-3-5-14-6-4-11/h3-6,9H,7-8H2,1-2H3,(H,15,18). The van der Waals surface area contributed by atoms with Gasteiger partial charge in [-0.05, 0) is 24.6 Å². The van der Waals surface area contributed by atoms with Gasteiger partial charge in [-0.2, -0.15) is 0 Å². The third-order valence-electron chi connectivity index (χ3n) is 2.57. The van der Waals surface area contributed by atoms with E-state index in [0.29, 0.717) is 13.1 Å². The Kier molecular flexibility index (Phi) is 4.46. The minimum atomic E-state index is -0.107. The second-order valence-electron chi connectivity index (χ2n) is 4.25. The van der Waals surface area contributed by atoms with Gasteiger partial charge in [-0.1, -0.05) is 0 Å². The molecule has 100 valence electrons. The number of carbonyl (C=O) groups is 1. The summed E-state index contributed by atoms with van der Waals surface area (Å²) < 4.78 is 0. The average molecular weight is 276 g/mol. The van der Waals surface area contributed by atoms with E-state index >= 15 is 0 Å². The molecule has 0 saturated heterocycles. The Bertz CT molecular complexity index is 541. The van der Waals surface area contributed by atoms with Gasteiger partial charge in [0.1, 0.15) is 5.01 Å². The van der Waals surface area contributed by atoms with Crippen LogP contribution in [0.15, 0.2) is 29.9 Å². The highest BCUT2D eigenvalue weighted by Crippen LogP contribution is 2.08. The molecule has 0 saturated carbocycles. The molecule has 2 aromatic rings. The number of aryl methyl sites for hydroxylation is 1. The van der Waals surface area contributed by atoms with Crippen molar-refractivity contribution in [3.63, 3.8) is 0 Å². The van der Waals surface area contributed by atoms with Gasteiger partial charge in [0.15, 0.2) is 0 Å². The van der Waals surface area contributed by atoms with E-state index in [2.05, 4.69) is 15.3 Å². The van der Waals surface area contributed by atoms with Crippen LogP contribution in [0.4, 0.5) is 4.79 Å². The van der Waals surface area contributed by atoms with Crippen LogP contribution in [0.3, 0.4) is 0 Å². The third-order valence-corrected chi connectivity index (χ3v) is 3.54. The number of hydrogen-bond donors (Lipinski definition) is 1. The van der Waals surface area contributed by atoms with Crippen LogP contribution in [0.1, 0.15) is 16.3 Å². The van der Waals surface area contributed by atoms with E-state index in [0.717, 1.165) is 16.3 Å². The topological polar surface area (TPSA) is 58.1 Å². The zero-order valence-corrected chi connectivity index (χ0v) is 11.8. The second kappa shape index (κ2) is 6.29. The van der Waals surface area contributed by atoms with Gasteiger partial charge < -0.3 is 10.2 Å². The van der Waals surface area contributed by atoms with E-state index in [1.165, 1.54) is 0 Å². The summed E-state index contributed by atoms with van der Waals surface area (Å²) in [6.45, 7) is 2.97. The first kappa shape index (κ1) is 13.5. The van der Waals surface area contributed by atoms with Gasteiger partial charge in [0.25, 0.3) is 0 Å². The molecule has 5 nitrogen and oxygen atoms in total. The summed E-state index contributed by atoms with van der Waals surface area (Å²) in [6.07, 6.45) is 3.44. The number of carbonyl (C=O) groups excluding carboxylic acids is 1. The van der Waals surface area contributed by atoms with Crippen molar-refractivity contribution in [3.8, 4) is 0 Å². The first-order chi connectivity index (χ1) is 9.15. The van der Waals surface area contributed by atoms with Gasteiger partial charge in [0.2, 0.25) is 0 Å². The van der Waals surface area contributed by atoms with Crippen molar-refractivity contribution < 1.29 is 4.79 Å². The first-order valence-electron chi connectivity index (χ1n) is 5.94. The monoisotopic (exact) mass is 276 g/mol. The molecule has 2 aromatic heterocycles. The number of nitrogens with one attached hydrogen (secondary N) is 1. The van der Waals surface area contributed by atoms with Crippen LogP contribution in [0.25, 0.3) is 0 Å². The van der Waals surface area contributed by atoms with E-state index in [-0.39, 0.29) is 6.03 Å². The normalized spacial score (nSPS) is 10.2. The zero-order valence-electron chi connectivity index (χ0n) is 11.0. The second-order valence-corrected chi connectivity index (χ2v) is 5.20. The molecule has 2 amide bonds. The van der Waals surface area contributed by atoms with Gasteiger partial charge >= 0.3 is 6.03 Å². The molecular weight excluding hydrogens is 260 g/mol. The molecule has 0 aliphatic carbocycles. The van der Waals surface area contributed by atoms with Crippen LogP contribution in [-0.4, -0.2) is 27.9 Å². The Morgan fingerprint density at radius 1 is 1.42 bits per heavy atom. The third kappa shape index (κ3) is 4.03. The number of nitrogens with zero attached hydrogens (tertiary/aromatic N) is 3. The van der Waals surface area contributed by atoms with Crippen molar-refractivity contribution in [3.05, 3.63) is 46.2 Å². The van der Waals surface area contributed by atoms with Crippen LogP contribution in [0.5, 0.6) is 0 Å². The first-order valence-corrected chi connectivity index (χ1v) is 6.82. The smallest absolute Gasteiger partial charge is 0.317 e. The lowest BCUT2D eigenvalue weighted by Crippen LogP contribution is -2.36. The number of amides is 2. The van der Waals surface area contributed by atoms with E-state index in [4.69, 9.17) is 0 Å². The summed E-state index contributed by atoms with van der Waals surface area (Å²) in [5.74, 6) is 0. The fraction of sp³-hybridized carbons (Fsp3) is 0.308. The number of pyridine rings is 1. The Morgan fingerprint density at radius 3 is 2.79 bits per heavy atom. The maximum atomic E-state index is 11.9. The van der Waals surface area contributed by atoms with Gasteiger partial charge in [-0.15, -0.1) is 11.3 Å². The lowest BCUT2D eigenvalue weighted by Gasteiger charge is -2.17. The van der Waals surface area contributed by atoms with Gasteiger partial charge in [-0.3, -0.25) is 4.98 Å². The molecule has 0 aliphatic rings. The number of aromatic nitrogens is 2. The highest BCUT2D eigenvalue weighted by atomic mass is 32.1. The summed E-state index contributed by atoms with van der Waals surface area (Å²) in [5, 5.41) is 5.75. The highest BCUT2D eigenvalue weighted by molar-refractivity contribution is 7.09. The Morgan fingerprint density at radius 2 is 2.16 bits per heavy atom. The molecule has 2 heterocycles. The molecule has 0 atom stereocenters. The molecule has 0 aromatic carbocycles. The van der Waals surface area contributed by atoms with E-state index in [1.54, 1.807) is 35.7 Å². The van der Waals surface area contributed by atoms with Crippen molar-refractivity contribution in [2.24, 2.45) is 0 Å². The van der Waals surface area contributed by atoms with E-state index in [9.17, 15) is 4.79 Å². The maximum absolute atomic E-state index is 11.9. The maximum Gasteiger partial charge on any atom is 0.317 e. The molecule has 0 fully saturated rings.